The highest BCUT2D eigenvalue weighted by molar-refractivity contribution is 5.98. The number of para-hydroxylation sites is 1. The number of alkyl halides is 3. The summed E-state index contributed by atoms with van der Waals surface area (Å²) in [7, 11) is 0. The minimum Gasteiger partial charge on any atom is -0.350 e. The molecule has 3 aromatic rings. The van der Waals surface area contributed by atoms with Gasteiger partial charge in [-0.05, 0) is 11.6 Å². The van der Waals surface area contributed by atoms with E-state index in [9.17, 15) is 23.3 Å². The van der Waals surface area contributed by atoms with Crippen molar-refractivity contribution >= 4 is 16.6 Å². The van der Waals surface area contributed by atoms with Crippen molar-refractivity contribution in [1.82, 2.24) is 4.98 Å². The Bertz CT molecular complexity index is 869. The van der Waals surface area contributed by atoms with E-state index in [-0.39, 0.29) is 16.8 Å². The maximum atomic E-state index is 13.3. The van der Waals surface area contributed by atoms with Gasteiger partial charge >= 0.3 is 6.18 Å². The van der Waals surface area contributed by atoms with Crippen molar-refractivity contribution in [3.05, 3.63) is 64.3 Å². The quantitative estimate of drug-likeness (QED) is 0.548. The number of benzene rings is 2. The Morgan fingerprint density at radius 1 is 1.05 bits per heavy atom. The van der Waals surface area contributed by atoms with Gasteiger partial charge in [0, 0.05) is 28.6 Å². The Morgan fingerprint density at radius 2 is 1.77 bits per heavy atom. The molecule has 1 aromatic heterocycles. The lowest BCUT2D eigenvalue weighted by Crippen LogP contribution is -2.07. The Morgan fingerprint density at radius 3 is 2.45 bits per heavy atom. The Hall–Kier alpha value is -2.83. The molecule has 0 saturated heterocycles. The molecule has 0 aliphatic heterocycles. The molecule has 0 aliphatic rings. The van der Waals surface area contributed by atoms with Crippen LogP contribution in [0.25, 0.3) is 22.0 Å². The molecule has 0 radical (unpaired) electrons. The molecule has 22 heavy (non-hydrogen) atoms. The van der Waals surface area contributed by atoms with Crippen LogP contribution in [0.4, 0.5) is 18.9 Å². The number of halogens is 3. The third-order valence-electron chi connectivity index (χ3n) is 3.34. The second-order valence-electron chi connectivity index (χ2n) is 4.73. The smallest absolute Gasteiger partial charge is 0.350 e. The lowest BCUT2D eigenvalue weighted by atomic mass is 10.0. The van der Waals surface area contributed by atoms with Crippen molar-refractivity contribution < 1.29 is 18.1 Å². The number of nitrogens with zero attached hydrogens (tertiary/aromatic N) is 1. The van der Waals surface area contributed by atoms with Gasteiger partial charge in [0.15, 0.2) is 0 Å². The van der Waals surface area contributed by atoms with Crippen LogP contribution in [0.3, 0.4) is 0 Å². The van der Waals surface area contributed by atoms with Crippen LogP contribution in [0.2, 0.25) is 0 Å². The van der Waals surface area contributed by atoms with Gasteiger partial charge in [0.2, 0.25) is 0 Å². The highest BCUT2D eigenvalue weighted by Gasteiger charge is 2.37. The van der Waals surface area contributed by atoms with E-state index >= 15 is 0 Å². The summed E-state index contributed by atoms with van der Waals surface area (Å²) in [5.74, 6) is 0. The molecule has 0 aliphatic carbocycles. The summed E-state index contributed by atoms with van der Waals surface area (Å²) in [5, 5.41) is 11.2. The molecule has 3 rings (SSSR count). The number of aromatic amines is 1. The number of hydrogen-bond acceptors (Lipinski definition) is 2. The SMILES string of the molecule is O=[N+]([O-])c1cccc(-c2c(C(F)(F)F)[nH]c3ccccc23)c1. The fraction of sp³-hybridized carbons (Fsp3) is 0.0667. The predicted octanol–water partition coefficient (Wildman–Crippen LogP) is 4.76. The van der Waals surface area contributed by atoms with Crippen LogP contribution >= 0.6 is 0 Å². The number of nitro benzene ring substituents is 1. The van der Waals surface area contributed by atoms with E-state index in [2.05, 4.69) is 4.98 Å². The summed E-state index contributed by atoms with van der Waals surface area (Å²) in [6.07, 6.45) is -4.58. The van der Waals surface area contributed by atoms with Gasteiger partial charge in [-0.1, -0.05) is 30.3 Å². The first-order valence-corrected chi connectivity index (χ1v) is 6.30. The fourth-order valence-corrected chi connectivity index (χ4v) is 2.43. The zero-order valence-electron chi connectivity index (χ0n) is 11.0. The number of nitrogens with one attached hydrogen (secondary N) is 1. The average molecular weight is 306 g/mol. The second kappa shape index (κ2) is 4.87. The van der Waals surface area contributed by atoms with E-state index in [0.717, 1.165) is 6.07 Å². The molecule has 0 amide bonds. The van der Waals surface area contributed by atoms with Crippen molar-refractivity contribution in [3.63, 3.8) is 0 Å². The molecule has 7 heteroatoms. The zero-order valence-corrected chi connectivity index (χ0v) is 11.0. The Labute approximate surface area is 122 Å². The van der Waals surface area contributed by atoms with Crippen LogP contribution in [-0.4, -0.2) is 9.91 Å². The minimum absolute atomic E-state index is 0.0770. The molecule has 0 atom stereocenters. The molecule has 1 heterocycles. The van der Waals surface area contributed by atoms with E-state index in [1.54, 1.807) is 18.2 Å². The summed E-state index contributed by atoms with van der Waals surface area (Å²) in [6, 6.07) is 11.5. The van der Waals surface area contributed by atoms with Crippen molar-refractivity contribution in [1.29, 1.82) is 0 Å². The Kier molecular flexibility index (Phi) is 3.13. The van der Waals surface area contributed by atoms with Gasteiger partial charge in [-0.25, -0.2) is 0 Å². The lowest BCUT2D eigenvalue weighted by Gasteiger charge is -2.08. The average Bonchev–Trinajstić information content (AvgIpc) is 2.87. The number of fused-ring (bicyclic) bond motifs is 1. The topological polar surface area (TPSA) is 58.9 Å². The standard InChI is InChI=1S/C15H9F3N2O2/c16-15(17,18)14-13(11-6-1-2-7-12(11)19-14)9-4-3-5-10(8-9)20(21)22/h1-8,19H. The van der Waals surface area contributed by atoms with Gasteiger partial charge in [0.25, 0.3) is 5.69 Å². The molecule has 0 fully saturated rings. The molecule has 1 N–H and O–H groups in total. The van der Waals surface area contributed by atoms with E-state index in [0.29, 0.717) is 10.9 Å². The van der Waals surface area contributed by atoms with Gasteiger partial charge in [0.05, 0.1) is 4.92 Å². The van der Waals surface area contributed by atoms with Gasteiger partial charge in [-0.2, -0.15) is 13.2 Å². The van der Waals surface area contributed by atoms with Crippen molar-refractivity contribution in [3.8, 4) is 11.1 Å². The number of H-pyrrole nitrogens is 1. The summed E-state index contributed by atoms with van der Waals surface area (Å²) in [6.45, 7) is 0. The first kappa shape index (κ1) is 14.1. The molecule has 0 saturated carbocycles. The predicted molar refractivity (Wildman–Crippen MR) is 75.4 cm³/mol. The monoisotopic (exact) mass is 306 g/mol. The van der Waals surface area contributed by atoms with Crippen LogP contribution in [0.15, 0.2) is 48.5 Å². The highest BCUT2D eigenvalue weighted by atomic mass is 19.4. The summed E-state index contributed by atoms with van der Waals surface area (Å²) >= 11 is 0. The number of non-ortho nitro benzene ring substituents is 1. The molecule has 0 bridgehead atoms. The molecule has 4 nitrogen and oxygen atoms in total. The molecule has 0 unspecified atom stereocenters. The van der Waals surface area contributed by atoms with Gasteiger partial charge < -0.3 is 4.98 Å². The number of aromatic nitrogens is 1. The highest BCUT2D eigenvalue weighted by Crippen LogP contribution is 2.41. The van der Waals surface area contributed by atoms with E-state index in [1.165, 1.54) is 24.3 Å². The maximum Gasteiger partial charge on any atom is 0.431 e. The third-order valence-corrected chi connectivity index (χ3v) is 3.34. The number of rotatable bonds is 2. The van der Waals surface area contributed by atoms with Gasteiger partial charge in [-0.15, -0.1) is 0 Å². The summed E-state index contributed by atoms with van der Waals surface area (Å²) < 4.78 is 39.8. The summed E-state index contributed by atoms with van der Waals surface area (Å²) in [4.78, 5) is 12.6. The maximum absolute atomic E-state index is 13.3. The fourth-order valence-electron chi connectivity index (χ4n) is 2.43. The first-order chi connectivity index (χ1) is 10.4. The van der Waals surface area contributed by atoms with E-state index in [1.807, 2.05) is 0 Å². The third kappa shape index (κ3) is 2.30. The lowest BCUT2D eigenvalue weighted by molar-refractivity contribution is -0.384. The van der Waals surface area contributed by atoms with Crippen LogP contribution < -0.4 is 0 Å². The van der Waals surface area contributed by atoms with Crippen LogP contribution in [0.1, 0.15) is 5.69 Å². The molecule has 2 aromatic carbocycles. The van der Waals surface area contributed by atoms with E-state index < -0.39 is 16.8 Å². The second-order valence-corrected chi connectivity index (χ2v) is 4.73. The first-order valence-electron chi connectivity index (χ1n) is 6.30. The van der Waals surface area contributed by atoms with Crippen molar-refractivity contribution in [2.45, 2.75) is 6.18 Å². The number of hydrogen-bond donors (Lipinski definition) is 1. The normalized spacial score (nSPS) is 11.8. The Balaban J connectivity index is 2.34. The molecular weight excluding hydrogens is 297 g/mol. The number of nitro groups is 1. The van der Waals surface area contributed by atoms with E-state index in [4.69, 9.17) is 0 Å². The zero-order chi connectivity index (χ0) is 15.9. The largest absolute Gasteiger partial charge is 0.431 e. The van der Waals surface area contributed by atoms with Crippen LogP contribution in [0, 0.1) is 10.1 Å². The van der Waals surface area contributed by atoms with Gasteiger partial charge in [0.1, 0.15) is 5.69 Å². The minimum atomic E-state index is -4.58. The van der Waals surface area contributed by atoms with Crippen LogP contribution in [0.5, 0.6) is 0 Å². The van der Waals surface area contributed by atoms with Crippen molar-refractivity contribution in [2.24, 2.45) is 0 Å². The summed E-state index contributed by atoms with van der Waals surface area (Å²) in [5.41, 5.74) is -0.757. The van der Waals surface area contributed by atoms with Gasteiger partial charge in [-0.3, -0.25) is 10.1 Å². The molecule has 0 spiro atoms. The van der Waals surface area contributed by atoms with Crippen LogP contribution in [-0.2, 0) is 6.18 Å². The molecule has 112 valence electrons. The molecular formula is C15H9F3N2O2. The van der Waals surface area contributed by atoms with Crippen molar-refractivity contribution in [2.75, 3.05) is 0 Å².